The van der Waals surface area contributed by atoms with Gasteiger partial charge in [-0.05, 0) is 25.1 Å². The van der Waals surface area contributed by atoms with Crippen molar-refractivity contribution in [2.24, 2.45) is 5.73 Å². The Kier molecular flexibility index (Phi) is 14.9. The van der Waals surface area contributed by atoms with E-state index in [1.807, 2.05) is 0 Å². The molecule has 0 rings (SSSR count). The molecule has 120 valence electrons. The van der Waals surface area contributed by atoms with E-state index in [-0.39, 0.29) is 0 Å². The first-order valence-corrected chi connectivity index (χ1v) is 9.17. The van der Waals surface area contributed by atoms with E-state index in [1.165, 1.54) is 83.5 Å². The zero-order valence-corrected chi connectivity index (χ0v) is 14.6. The number of hydrogen-bond acceptors (Lipinski definition) is 1. The van der Waals surface area contributed by atoms with Gasteiger partial charge in [-0.3, -0.25) is 0 Å². The van der Waals surface area contributed by atoms with Crippen molar-refractivity contribution in [3.63, 3.8) is 0 Å². The minimum absolute atomic E-state index is 0.460. The molecule has 3 N–H and O–H groups in total. The van der Waals surface area contributed by atoms with Gasteiger partial charge in [0, 0.05) is 6.04 Å². The molecule has 3 heteroatoms. The second-order valence-corrected chi connectivity index (χ2v) is 6.40. The molecule has 0 aliphatic rings. The van der Waals surface area contributed by atoms with Crippen molar-refractivity contribution >= 4 is 17.3 Å². The molecule has 1 atom stereocenters. The molecule has 0 fully saturated rings. The van der Waals surface area contributed by atoms with Gasteiger partial charge in [-0.2, -0.15) is 0 Å². The largest absolute Gasteiger partial charge is 0.376 e. The van der Waals surface area contributed by atoms with Gasteiger partial charge in [0.2, 0.25) is 0 Å². The van der Waals surface area contributed by atoms with Crippen LogP contribution in [0, 0.1) is 0 Å². The van der Waals surface area contributed by atoms with E-state index in [2.05, 4.69) is 19.2 Å². The van der Waals surface area contributed by atoms with Crippen LogP contribution in [0.5, 0.6) is 0 Å². The highest BCUT2D eigenvalue weighted by molar-refractivity contribution is 7.80. The lowest BCUT2D eigenvalue weighted by Crippen LogP contribution is -2.38. The second-order valence-electron chi connectivity index (χ2n) is 5.96. The lowest BCUT2D eigenvalue weighted by atomic mass is 10.0. The summed E-state index contributed by atoms with van der Waals surface area (Å²) in [5, 5.41) is 3.71. The monoisotopic (exact) mass is 300 g/mol. The SMILES string of the molecule is CCCCCCCCCCCC(CCCC)NC(N)=S. The highest BCUT2D eigenvalue weighted by Gasteiger charge is 2.07. The first kappa shape index (κ1) is 19.7. The molecule has 0 aliphatic carbocycles. The highest BCUT2D eigenvalue weighted by Crippen LogP contribution is 2.13. The van der Waals surface area contributed by atoms with E-state index in [1.54, 1.807) is 0 Å². The van der Waals surface area contributed by atoms with Crippen LogP contribution in [0.4, 0.5) is 0 Å². The molecule has 1 unspecified atom stereocenters. The minimum atomic E-state index is 0.460. The molecule has 0 saturated heterocycles. The highest BCUT2D eigenvalue weighted by atomic mass is 32.1. The van der Waals surface area contributed by atoms with Crippen molar-refractivity contribution in [1.82, 2.24) is 5.32 Å². The van der Waals surface area contributed by atoms with Crippen molar-refractivity contribution in [2.75, 3.05) is 0 Å². The van der Waals surface area contributed by atoms with Gasteiger partial charge in [0.25, 0.3) is 0 Å². The van der Waals surface area contributed by atoms with Crippen molar-refractivity contribution < 1.29 is 0 Å². The molecule has 0 spiro atoms. The standard InChI is InChI=1S/C17H36N2S/c1-3-5-7-8-9-10-11-12-13-15-16(14-6-4-2)19-17(18)20/h16H,3-15H2,1-2H3,(H3,18,19,20). The van der Waals surface area contributed by atoms with E-state index in [4.69, 9.17) is 18.0 Å². The fraction of sp³-hybridized carbons (Fsp3) is 0.941. The van der Waals surface area contributed by atoms with Crippen molar-refractivity contribution in [2.45, 2.75) is 103 Å². The van der Waals surface area contributed by atoms with E-state index in [0.29, 0.717) is 11.2 Å². The van der Waals surface area contributed by atoms with E-state index in [9.17, 15) is 0 Å². The summed E-state index contributed by atoms with van der Waals surface area (Å²) in [6.07, 6.45) is 17.4. The van der Waals surface area contributed by atoms with Crippen LogP contribution in [-0.2, 0) is 0 Å². The molecule has 0 saturated carbocycles. The van der Waals surface area contributed by atoms with Crippen molar-refractivity contribution in [1.29, 1.82) is 0 Å². The maximum absolute atomic E-state index is 5.60. The van der Waals surface area contributed by atoms with Crippen LogP contribution >= 0.6 is 12.2 Å². The molecule has 0 radical (unpaired) electrons. The van der Waals surface area contributed by atoms with Crippen LogP contribution in [0.3, 0.4) is 0 Å². The van der Waals surface area contributed by atoms with Gasteiger partial charge >= 0.3 is 0 Å². The fourth-order valence-corrected chi connectivity index (χ4v) is 2.81. The van der Waals surface area contributed by atoms with Gasteiger partial charge < -0.3 is 11.1 Å². The van der Waals surface area contributed by atoms with Crippen LogP contribution in [0.2, 0.25) is 0 Å². The summed E-state index contributed by atoms with van der Waals surface area (Å²) in [6.45, 7) is 4.51. The minimum Gasteiger partial charge on any atom is -0.376 e. The predicted molar refractivity (Wildman–Crippen MR) is 95.1 cm³/mol. The number of nitrogens with one attached hydrogen (secondary N) is 1. The summed E-state index contributed by atoms with van der Waals surface area (Å²) >= 11 is 4.96. The Morgan fingerprint density at radius 2 is 1.25 bits per heavy atom. The van der Waals surface area contributed by atoms with Gasteiger partial charge in [-0.25, -0.2) is 0 Å². The molecule has 0 aromatic rings. The Morgan fingerprint density at radius 3 is 1.75 bits per heavy atom. The first-order chi connectivity index (χ1) is 9.70. The van der Waals surface area contributed by atoms with Gasteiger partial charge in [-0.1, -0.05) is 84.5 Å². The zero-order valence-electron chi connectivity index (χ0n) is 13.8. The van der Waals surface area contributed by atoms with Gasteiger partial charge in [0.1, 0.15) is 0 Å². The summed E-state index contributed by atoms with van der Waals surface area (Å²) in [5.41, 5.74) is 5.60. The Balaban J connectivity index is 3.45. The van der Waals surface area contributed by atoms with Gasteiger partial charge in [0.05, 0.1) is 0 Å². The van der Waals surface area contributed by atoms with E-state index >= 15 is 0 Å². The van der Waals surface area contributed by atoms with Crippen molar-refractivity contribution in [3.05, 3.63) is 0 Å². The van der Waals surface area contributed by atoms with Crippen LogP contribution < -0.4 is 11.1 Å². The number of rotatable bonds is 14. The molecule has 0 bridgehead atoms. The summed E-state index contributed by atoms with van der Waals surface area (Å²) in [6, 6.07) is 0.497. The molecule has 0 aliphatic heterocycles. The maximum Gasteiger partial charge on any atom is 0.163 e. The number of nitrogens with two attached hydrogens (primary N) is 1. The average Bonchev–Trinajstić information content (AvgIpc) is 2.42. The lowest BCUT2D eigenvalue weighted by Gasteiger charge is -2.18. The quantitative estimate of drug-likeness (QED) is 0.338. The molecule has 2 nitrogen and oxygen atoms in total. The molecule has 0 heterocycles. The summed E-state index contributed by atoms with van der Waals surface area (Å²) in [5.74, 6) is 0. The smallest absolute Gasteiger partial charge is 0.163 e. The van der Waals surface area contributed by atoms with E-state index in [0.717, 1.165) is 0 Å². The molecule has 20 heavy (non-hydrogen) atoms. The third-order valence-electron chi connectivity index (χ3n) is 3.91. The molecular weight excluding hydrogens is 264 g/mol. The zero-order chi connectivity index (χ0) is 15.1. The third kappa shape index (κ3) is 14.1. The molecular formula is C17H36N2S. The molecule has 0 aromatic heterocycles. The Labute approximate surface area is 132 Å². The number of thiocarbonyl (C=S) groups is 1. The topological polar surface area (TPSA) is 38.0 Å². The summed E-state index contributed by atoms with van der Waals surface area (Å²) in [7, 11) is 0. The van der Waals surface area contributed by atoms with Crippen LogP contribution in [0.15, 0.2) is 0 Å². The van der Waals surface area contributed by atoms with Crippen molar-refractivity contribution in [3.8, 4) is 0 Å². The number of unbranched alkanes of at least 4 members (excludes halogenated alkanes) is 9. The molecule has 0 amide bonds. The maximum atomic E-state index is 5.60. The summed E-state index contributed by atoms with van der Waals surface area (Å²) < 4.78 is 0. The van der Waals surface area contributed by atoms with Crippen LogP contribution in [-0.4, -0.2) is 11.2 Å². The average molecular weight is 301 g/mol. The van der Waals surface area contributed by atoms with E-state index < -0.39 is 0 Å². The Morgan fingerprint density at radius 1 is 0.800 bits per heavy atom. The van der Waals surface area contributed by atoms with Gasteiger partial charge in [-0.15, -0.1) is 0 Å². The lowest BCUT2D eigenvalue weighted by molar-refractivity contribution is 0.466. The van der Waals surface area contributed by atoms with Crippen LogP contribution in [0.25, 0.3) is 0 Å². The fourth-order valence-electron chi connectivity index (χ4n) is 2.64. The van der Waals surface area contributed by atoms with Gasteiger partial charge in [0.15, 0.2) is 5.11 Å². The third-order valence-corrected chi connectivity index (χ3v) is 4.03. The molecule has 0 aromatic carbocycles. The Hall–Kier alpha value is -0.310. The Bertz CT molecular complexity index is 219. The second kappa shape index (κ2) is 15.1. The first-order valence-electron chi connectivity index (χ1n) is 8.76. The summed E-state index contributed by atoms with van der Waals surface area (Å²) in [4.78, 5) is 0. The van der Waals surface area contributed by atoms with Crippen LogP contribution in [0.1, 0.15) is 97.3 Å². The predicted octanol–water partition coefficient (Wildman–Crippen LogP) is 5.30. The number of hydrogen-bond donors (Lipinski definition) is 2. The normalized spacial score (nSPS) is 12.3.